The molecule has 7 nitrogen and oxygen atoms in total. The summed E-state index contributed by atoms with van der Waals surface area (Å²) in [6.07, 6.45) is 3.94. The van der Waals surface area contributed by atoms with Gasteiger partial charge in [-0.05, 0) is 66.3 Å². The lowest BCUT2D eigenvalue weighted by Gasteiger charge is -2.49. The minimum atomic E-state index is -0.930. The molecule has 0 atom stereocenters. The van der Waals surface area contributed by atoms with Crippen molar-refractivity contribution < 1.29 is 33.4 Å². The highest BCUT2D eigenvalue weighted by Gasteiger charge is 2.49. The third-order valence-electron chi connectivity index (χ3n) is 9.02. The fourth-order valence-electron chi connectivity index (χ4n) is 7.18. The van der Waals surface area contributed by atoms with Crippen LogP contribution in [0.5, 0.6) is 11.5 Å². The molecule has 2 aromatic rings. The molecular weight excluding hydrogens is 585 g/mol. The van der Waals surface area contributed by atoms with Crippen LogP contribution in [0.4, 0.5) is 4.39 Å². The molecule has 1 aliphatic heterocycles. The Morgan fingerprint density at radius 1 is 0.978 bits per heavy atom. The maximum atomic E-state index is 14.2. The minimum Gasteiger partial charge on any atom is -0.490 e. The molecule has 244 valence electrons. The molecule has 0 bridgehead atoms. The summed E-state index contributed by atoms with van der Waals surface area (Å²) in [4.78, 5) is 42.1. The van der Waals surface area contributed by atoms with Gasteiger partial charge in [-0.15, -0.1) is 6.58 Å². The zero-order valence-electron chi connectivity index (χ0n) is 27.5. The number of Topliss-reactive ketones (excluding diaryl/α,β-unsaturated/α-hetero) is 2. The Kier molecular flexibility index (Phi) is 9.30. The summed E-state index contributed by atoms with van der Waals surface area (Å²) in [6, 6.07) is 9.98. The van der Waals surface area contributed by atoms with Gasteiger partial charge < -0.3 is 19.5 Å². The number of nitrogens with zero attached hydrogens (tertiary/aromatic N) is 1. The van der Waals surface area contributed by atoms with Crippen molar-refractivity contribution in [1.29, 1.82) is 0 Å². The van der Waals surface area contributed by atoms with E-state index in [1.165, 1.54) is 12.1 Å². The molecule has 8 heteroatoms. The number of carboxylic acid groups (broad SMARTS) is 1. The highest BCUT2D eigenvalue weighted by molar-refractivity contribution is 6.07. The Hall–Kier alpha value is -4.20. The monoisotopic (exact) mass is 629 g/mol. The molecule has 3 aliphatic rings. The number of ether oxygens (including phenoxy) is 2. The van der Waals surface area contributed by atoms with Gasteiger partial charge in [0.1, 0.15) is 12.4 Å². The van der Waals surface area contributed by atoms with E-state index in [1.54, 1.807) is 18.2 Å². The summed E-state index contributed by atoms with van der Waals surface area (Å²) >= 11 is 0. The van der Waals surface area contributed by atoms with E-state index in [9.17, 15) is 23.9 Å². The van der Waals surface area contributed by atoms with Crippen molar-refractivity contribution in [2.75, 3.05) is 13.2 Å². The number of carboxylic acids is 1. The molecule has 0 spiro atoms. The molecule has 0 amide bonds. The second-order valence-corrected chi connectivity index (χ2v) is 14.2. The number of hydrogen-bond acceptors (Lipinski definition) is 6. The van der Waals surface area contributed by atoms with E-state index in [0.29, 0.717) is 61.4 Å². The van der Waals surface area contributed by atoms with Crippen molar-refractivity contribution in [2.45, 2.75) is 85.7 Å². The van der Waals surface area contributed by atoms with Crippen molar-refractivity contribution in [2.24, 2.45) is 10.8 Å². The molecule has 1 heterocycles. The first kappa shape index (κ1) is 33.2. The Bertz CT molecular complexity index is 1580. The number of hydrogen-bond donors (Lipinski definition) is 1. The fourth-order valence-corrected chi connectivity index (χ4v) is 7.18. The van der Waals surface area contributed by atoms with E-state index in [0.717, 1.165) is 28.1 Å². The van der Waals surface area contributed by atoms with E-state index < -0.39 is 11.9 Å². The van der Waals surface area contributed by atoms with E-state index in [1.807, 2.05) is 24.0 Å². The van der Waals surface area contributed by atoms with Crippen LogP contribution in [0.15, 0.2) is 71.6 Å². The Morgan fingerprint density at radius 2 is 1.57 bits per heavy atom. The minimum absolute atomic E-state index is 0.0272. The Labute approximate surface area is 270 Å². The molecule has 0 saturated carbocycles. The van der Waals surface area contributed by atoms with Crippen molar-refractivity contribution in [3.05, 3.63) is 94.1 Å². The largest absolute Gasteiger partial charge is 0.490 e. The number of halogens is 1. The van der Waals surface area contributed by atoms with Crippen LogP contribution in [0.2, 0.25) is 0 Å². The van der Waals surface area contributed by atoms with Gasteiger partial charge in [-0.2, -0.15) is 0 Å². The highest BCUT2D eigenvalue weighted by Crippen LogP contribution is 2.55. The first-order valence-electron chi connectivity index (χ1n) is 16.0. The standard InChI is InChI=1S/C38H44FNO6/c1-7-9-24-16-25(17-31(45-8-2)36(24)46-22-23-10-12-26(39)13-11-23)33-34-27(18-37(3,4)20-29(34)41)40(15-14-32(43)44)28-19-38(5,6)21-30(42)35(28)33/h7,10-13,16-17,33H,1,8-9,14-15,18-22H2,2-6H3,(H,43,44). The molecule has 2 aromatic carbocycles. The zero-order chi connectivity index (χ0) is 33.4. The summed E-state index contributed by atoms with van der Waals surface area (Å²) in [5, 5.41) is 9.65. The zero-order valence-corrected chi connectivity index (χ0v) is 27.5. The highest BCUT2D eigenvalue weighted by atomic mass is 19.1. The molecule has 46 heavy (non-hydrogen) atoms. The van der Waals surface area contributed by atoms with Gasteiger partial charge in [-0.1, -0.05) is 52.0 Å². The number of aliphatic carboxylic acids is 1. The molecule has 0 unspecified atom stereocenters. The first-order chi connectivity index (χ1) is 21.7. The molecule has 1 N–H and O–H groups in total. The van der Waals surface area contributed by atoms with Gasteiger partial charge in [0.2, 0.25) is 0 Å². The third kappa shape index (κ3) is 6.81. The summed E-state index contributed by atoms with van der Waals surface area (Å²) in [5.74, 6) is -0.907. The second kappa shape index (κ2) is 12.9. The number of carbonyl (C=O) groups excluding carboxylic acids is 2. The summed E-state index contributed by atoms with van der Waals surface area (Å²) in [7, 11) is 0. The number of carbonyl (C=O) groups is 3. The average Bonchev–Trinajstić information content (AvgIpc) is 2.95. The lowest BCUT2D eigenvalue weighted by molar-refractivity contribution is -0.137. The maximum Gasteiger partial charge on any atom is 0.305 e. The fraction of sp³-hybridized carbons (Fsp3) is 0.447. The smallest absolute Gasteiger partial charge is 0.305 e. The quantitative estimate of drug-likeness (QED) is 0.255. The normalized spacial score (nSPS) is 19.1. The molecule has 5 rings (SSSR count). The molecule has 0 fully saturated rings. The van der Waals surface area contributed by atoms with E-state index >= 15 is 0 Å². The predicted octanol–water partition coefficient (Wildman–Crippen LogP) is 7.69. The lowest BCUT2D eigenvalue weighted by Crippen LogP contribution is -2.45. The van der Waals surface area contributed by atoms with Gasteiger partial charge in [-0.25, -0.2) is 4.39 Å². The lowest BCUT2D eigenvalue weighted by atomic mass is 9.63. The van der Waals surface area contributed by atoms with Crippen molar-refractivity contribution >= 4 is 17.5 Å². The number of ketones is 2. The van der Waals surface area contributed by atoms with Crippen molar-refractivity contribution in [3.8, 4) is 11.5 Å². The molecular formula is C38H44FNO6. The molecule has 2 aliphatic carbocycles. The second-order valence-electron chi connectivity index (χ2n) is 14.2. The van der Waals surface area contributed by atoms with Crippen LogP contribution in [0, 0.1) is 16.6 Å². The number of benzene rings is 2. The molecule has 0 saturated heterocycles. The van der Waals surface area contributed by atoms with E-state index in [4.69, 9.17) is 9.47 Å². The van der Waals surface area contributed by atoms with E-state index in [-0.39, 0.29) is 47.8 Å². The summed E-state index contributed by atoms with van der Waals surface area (Å²) in [5.41, 5.74) is 4.48. The van der Waals surface area contributed by atoms with Gasteiger partial charge >= 0.3 is 5.97 Å². The van der Waals surface area contributed by atoms with Gasteiger partial charge in [0.15, 0.2) is 23.1 Å². The van der Waals surface area contributed by atoms with Gasteiger partial charge in [0.25, 0.3) is 0 Å². The third-order valence-corrected chi connectivity index (χ3v) is 9.02. The Balaban J connectivity index is 1.71. The van der Waals surface area contributed by atoms with Crippen LogP contribution >= 0.6 is 0 Å². The van der Waals surface area contributed by atoms with Gasteiger partial charge in [0, 0.05) is 53.4 Å². The van der Waals surface area contributed by atoms with Crippen LogP contribution in [-0.2, 0) is 27.4 Å². The SMILES string of the molecule is C=CCc1cc(C2C3=C(CC(C)(C)CC3=O)N(CCC(=O)O)C3=C2C(=O)CC(C)(C)C3)cc(OCC)c1OCc1ccc(F)cc1. The van der Waals surface area contributed by atoms with Crippen LogP contribution in [0.25, 0.3) is 0 Å². The number of allylic oxidation sites excluding steroid dienone is 5. The maximum absolute atomic E-state index is 14.2. The molecule has 0 radical (unpaired) electrons. The van der Waals surface area contributed by atoms with Crippen molar-refractivity contribution in [1.82, 2.24) is 4.90 Å². The van der Waals surface area contributed by atoms with Crippen LogP contribution in [-0.4, -0.2) is 40.7 Å². The van der Waals surface area contributed by atoms with Gasteiger partial charge in [0.05, 0.1) is 13.0 Å². The average molecular weight is 630 g/mol. The summed E-state index contributed by atoms with van der Waals surface area (Å²) < 4.78 is 26.0. The topological polar surface area (TPSA) is 93.1 Å². The van der Waals surface area contributed by atoms with Crippen LogP contribution in [0.3, 0.4) is 0 Å². The summed E-state index contributed by atoms with van der Waals surface area (Å²) in [6.45, 7) is 14.8. The van der Waals surface area contributed by atoms with Gasteiger partial charge in [-0.3, -0.25) is 14.4 Å². The van der Waals surface area contributed by atoms with Crippen LogP contribution in [0.1, 0.15) is 89.3 Å². The van der Waals surface area contributed by atoms with Crippen molar-refractivity contribution in [3.63, 3.8) is 0 Å². The van der Waals surface area contributed by atoms with E-state index in [2.05, 4.69) is 34.3 Å². The Morgan fingerprint density at radius 3 is 2.09 bits per heavy atom. The predicted molar refractivity (Wildman–Crippen MR) is 174 cm³/mol. The number of rotatable bonds is 11. The molecule has 0 aromatic heterocycles. The van der Waals surface area contributed by atoms with Crippen LogP contribution < -0.4 is 9.47 Å². The first-order valence-corrected chi connectivity index (χ1v) is 16.0.